The Labute approximate surface area is 135 Å². The molecule has 2 saturated heterocycles. The average Bonchev–Trinajstić information content (AvgIpc) is 2.89. The van der Waals surface area contributed by atoms with Crippen LogP contribution in [0.15, 0.2) is 24.5 Å². The van der Waals surface area contributed by atoms with Crippen molar-refractivity contribution >= 4 is 0 Å². The lowest BCUT2D eigenvalue weighted by molar-refractivity contribution is 0.222. The monoisotopic (exact) mass is 302 g/mol. The first kappa shape index (κ1) is 15.9. The first-order valence-electron chi connectivity index (χ1n) is 8.89. The maximum absolute atomic E-state index is 4.23. The van der Waals surface area contributed by atoms with Crippen molar-refractivity contribution in [3.8, 4) is 0 Å². The van der Waals surface area contributed by atoms with Crippen LogP contribution in [-0.2, 0) is 6.54 Å². The molecule has 0 saturated carbocycles. The van der Waals surface area contributed by atoms with Gasteiger partial charge in [0.1, 0.15) is 0 Å². The second-order valence-electron chi connectivity index (χ2n) is 6.84. The zero-order chi connectivity index (χ0) is 15.2. The predicted molar refractivity (Wildman–Crippen MR) is 90.8 cm³/mol. The van der Waals surface area contributed by atoms with Gasteiger partial charge in [-0.25, -0.2) is 0 Å². The summed E-state index contributed by atoms with van der Waals surface area (Å²) in [6.07, 6.45) is 6.55. The Morgan fingerprint density at radius 3 is 2.73 bits per heavy atom. The van der Waals surface area contributed by atoms with Gasteiger partial charge in [0.25, 0.3) is 0 Å². The average molecular weight is 302 g/mol. The second-order valence-corrected chi connectivity index (χ2v) is 6.84. The van der Waals surface area contributed by atoms with Crippen molar-refractivity contribution in [3.05, 3.63) is 30.1 Å². The number of nitrogens with zero attached hydrogens (tertiary/aromatic N) is 4. The van der Waals surface area contributed by atoms with E-state index in [1.54, 1.807) is 0 Å². The third-order valence-corrected chi connectivity index (χ3v) is 5.14. The summed E-state index contributed by atoms with van der Waals surface area (Å²) >= 11 is 0. The van der Waals surface area contributed by atoms with E-state index in [1.807, 2.05) is 18.5 Å². The molecule has 2 aliphatic rings. The van der Waals surface area contributed by atoms with Gasteiger partial charge in [-0.2, -0.15) is 0 Å². The van der Waals surface area contributed by atoms with Crippen molar-refractivity contribution in [2.75, 3.05) is 52.4 Å². The highest BCUT2D eigenvalue weighted by Crippen LogP contribution is 2.18. The lowest BCUT2D eigenvalue weighted by atomic mass is 10.1. The summed E-state index contributed by atoms with van der Waals surface area (Å²) in [6, 6.07) is 4.23. The van der Waals surface area contributed by atoms with Crippen LogP contribution in [0, 0.1) is 5.92 Å². The highest BCUT2D eigenvalue weighted by Gasteiger charge is 2.24. The van der Waals surface area contributed by atoms with Gasteiger partial charge in [-0.3, -0.25) is 9.88 Å². The number of likely N-dealkylation sites (tertiary alicyclic amines) is 1. The van der Waals surface area contributed by atoms with Gasteiger partial charge in [-0.15, -0.1) is 0 Å². The molecule has 2 aliphatic heterocycles. The zero-order valence-electron chi connectivity index (χ0n) is 14.0. The van der Waals surface area contributed by atoms with E-state index >= 15 is 0 Å². The lowest BCUT2D eigenvalue weighted by Gasteiger charge is -2.24. The number of pyridine rings is 1. The van der Waals surface area contributed by atoms with Crippen molar-refractivity contribution < 1.29 is 0 Å². The minimum absolute atomic E-state index is 0.893. The van der Waals surface area contributed by atoms with Gasteiger partial charge in [0.05, 0.1) is 0 Å². The molecule has 22 heavy (non-hydrogen) atoms. The summed E-state index contributed by atoms with van der Waals surface area (Å²) in [4.78, 5) is 12.1. The molecule has 1 atom stereocenters. The first-order chi connectivity index (χ1) is 10.8. The van der Waals surface area contributed by atoms with E-state index in [0.29, 0.717) is 0 Å². The highest BCUT2D eigenvalue weighted by molar-refractivity contribution is 5.08. The van der Waals surface area contributed by atoms with Crippen LogP contribution in [0.25, 0.3) is 0 Å². The quantitative estimate of drug-likeness (QED) is 0.829. The van der Waals surface area contributed by atoms with E-state index in [2.05, 4.69) is 32.7 Å². The molecular formula is C18H30N4. The van der Waals surface area contributed by atoms with Crippen LogP contribution in [0.3, 0.4) is 0 Å². The number of hydrogen-bond donors (Lipinski definition) is 0. The van der Waals surface area contributed by atoms with Crippen molar-refractivity contribution in [3.63, 3.8) is 0 Å². The smallest absolute Gasteiger partial charge is 0.0312 e. The van der Waals surface area contributed by atoms with Crippen LogP contribution in [0.2, 0.25) is 0 Å². The summed E-state index contributed by atoms with van der Waals surface area (Å²) in [5, 5.41) is 0. The highest BCUT2D eigenvalue weighted by atomic mass is 15.2. The Kier molecular flexibility index (Phi) is 5.82. The Morgan fingerprint density at radius 1 is 1.09 bits per heavy atom. The third-order valence-electron chi connectivity index (χ3n) is 5.14. The molecule has 0 aliphatic carbocycles. The summed E-state index contributed by atoms with van der Waals surface area (Å²) in [6.45, 7) is 13.4. The van der Waals surface area contributed by atoms with Gasteiger partial charge in [-0.1, -0.05) is 13.0 Å². The summed E-state index contributed by atoms with van der Waals surface area (Å²) in [5.41, 5.74) is 1.34. The molecule has 4 heteroatoms. The van der Waals surface area contributed by atoms with Crippen molar-refractivity contribution in [1.29, 1.82) is 0 Å². The molecule has 0 spiro atoms. The minimum Gasteiger partial charge on any atom is -0.303 e. The Balaban J connectivity index is 1.44. The van der Waals surface area contributed by atoms with Crippen LogP contribution in [0.5, 0.6) is 0 Å². The van der Waals surface area contributed by atoms with E-state index in [-0.39, 0.29) is 0 Å². The summed E-state index contributed by atoms with van der Waals surface area (Å²) in [5.74, 6) is 0.893. The largest absolute Gasteiger partial charge is 0.303 e. The van der Waals surface area contributed by atoms with Gasteiger partial charge in [0, 0.05) is 45.1 Å². The Bertz CT molecular complexity index is 436. The fourth-order valence-electron chi connectivity index (χ4n) is 3.83. The van der Waals surface area contributed by atoms with Crippen LogP contribution < -0.4 is 0 Å². The van der Waals surface area contributed by atoms with Crippen LogP contribution in [0.1, 0.15) is 25.3 Å². The van der Waals surface area contributed by atoms with Crippen LogP contribution in [0.4, 0.5) is 0 Å². The molecule has 0 N–H and O–H groups in total. The molecule has 1 aromatic rings. The topological polar surface area (TPSA) is 22.6 Å². The Hall–Kier alpha value is -0.970. The first-order valence-corrected chi connectivity index (χ1v) is 8.89. The summed E-state index contributed by atoms with van der Waals surface area (Å²) in [7, 11) is 0. The Morgan fingerprint density at radius 2 is 1.95 bits per heavy atom. The van der Waals surface area contributed by atoms with Gasteiger partial charge < -0.3 is 9.80 Å². The molecule has 0 radical (unpaired) electrons. The van der Waals surface area contributed by atoms with Crippen molar-refractivity contribution in [2.24, 2.45) is 5.92 Å². The molecular weight excluding hydrogens is 272 g/mol. The van der Waals surface area contributed by atoms with E-state index < -0.39 is 0 Å². The van der Waals surface area contributed by atoms with Crippen LogP contribution >= 0.6 is 0 Å². The molecule has 1 aromatic heterocycles. The number of hydrogen-bond acceptors (Lipinski definition) is 4. The molecule has 3 heterocycles. The molecule has 0 aromatic carbocycles. The van der Waals surface area contributed by atoms with Crippen molar-refractivity contribution in [1.82, 2.24) is 19.7 Å². The molecule has 0 amide bonds. The SMILES string of the molecule is CCN1CCC(CN2CCCN(Cc3cccnc3)CC2)C1. The molecule has 122 valence electrons. The molecule has 2 fully saturated rings. The van der Waals surface area contributed by atoms with E-state index in [9.17, 15) is 0 Å². The molecule has 3 rings (SSSR count). The molecule has 0 bridgehead atoms. The van der Waals surface area contributed by atoms with Gasteiger partial charge in [0.2, 0.25) is 0 Å². The normalized spacial score (nSPS) is 25.4. The van der Waals surface area contributed by atoms with E-state index in [0.717, 1.165) is 12.5 Å². The maximum atomic E-state index is 4.23. The van der Waals surface area contributed by atoms with Gasteiger partial charge in [0.15, 0.2) is 0 Å². The fourth-order valence-corrected chi connectivity index (χ4v) is 3.83. The van der Waals surface area contributed by atoms with Gasteiger partial charge >= 0.3 is 0 Å². The molecule has 4 nitrogen and oxygen atoms in total. The third kappa shape index (κ3) is 4.51. The fraction of sp³-hybridized carbons (Fsp3) is 0.722. The second kappa shape index (κ2) is 8.04. The van der Waals surface area contributed by atoms with E-state index in [4.69, 9.17) is 0 Å². The predicted octanol–water partition coefficient (Wildman–Crippen LogP) is 1.93. The number of rotatable bonds is 5. The van der Waals surface area contributed by atoms with Crippen molar-refractivity contribution in [2.45, 2.75) is 26.3 Å². The van der Waals surface area contributed by atoms with E-state index in [1.165, 1.54) is 70.8 Å². The summed E-state index contributed by atoms with van der Waals surface area (Å²) < 4.78 is 0. The number of aromatic nitrogens is 1. The minimum atomic E-state index is 0.893. The van der Waals surface area contributed by atoms with Crippen LogP contribution in [-0.4, -0.2) is 72.0 Å². The van der Waals surface area contributed by atoms with Gasteiger partial charge in [-0.05, 0) is 56.6 Å². The lowest BCUT2D eigenvalue weighted by Crippen LogP contribution is -2.34. The molecule has 1 unspecified atom stereocenters. The zero-order valence-corrected chi connectivity index (χ0v) is 14.0. The standard InChI is InChI=1S/C18H30N4/c1-2-20-10-6-18(15-20)16-22-9-4-8-21(11-12-22)14-17-5-3-7-19-13-17/h3,5,7,13,18H,2,4,6,8-12,14-16H2,1H3. The maximum Gasteiger partial charge on any atom is 0.0312 e.